The number of nitrogens with one attached hydrogen (secondary N) is 2. The lowest BCUT2D eigenvalue weighted by atomic mass is 9.75. The number of hydrazine groups is 1. The average Bonchev–Trinajstić information content (AvgIpc) is 3.47. The Morgan fingerprint density at radius 3 is 2.22 bits per heavy atom. The fourth-order valence-corrected chi connectivity index (χ4v) is 8.13. The van der Waals surface area contributed by atoms with Crippen LogP contribution in [0.5, 0.6) is 11.5 Å². The van der Waals surface area contributed by atoms with Crippen molar-refractivity contribution in [3.05, 3.63) is 70.2 Å². The number of hydrogen-bond donors (Lipinski definition) is 6. The number of benzene rings is 1. The molecule has 0 saturated carbocycles. The molecule has 1 aromatic rings. The number of Topliss-reactive ketones (excluding diaryl/α,β-unsaturated/α-hetero) is 3. The molecule has 328 valence electrons. The summed E-state index contributed by atoms with van der Waals surface area (Å²) in [6.07, 6.45) is 4.12. The van der Waals surface area contributed by atoms with E-state index in [4.69, 9.17) is 18.9 Å². The molecule has 4 heterocycles. The van der Waals surface area contributed by atoms with Gasteiger partial charge in [0.2, 0.25) is 17.4 Å². The topological polar surface area (TPSA) is 234 Å². The van der Waals surface area contributed by atoms with Gasteiger partial charge in [-0.05, 0) is 27.0 Å². The highest BCUT2D eigenvalue weighted by Gasteiger charge is 2.58. The van der Waals surface area contributed by atoms with Gasteiger partial charge in [0.15, 0.2) is 5.78 Å². The molecular formula is C43H58N4O13. The van der Waals surface area contributed by atoms with E-state index in [2.05, 4.69) is 15.6 Å². The number of aliphatic hydroxyl groups is 3. The van der Waals surface area contributed by atoms with Gasteiger partial charge in [-0.3, -0.25) is 24.0 Å². The Morgan fingerprint density at radius 1 is 0.950 bits per heavy atom. The highest BCUT2D eigenvalue weighted by Crippen LogP contribution is 2.50. The number of rotatable bonds is 4. The number of allylic oxidation sites excluding steroid dienone is 2. The van der Waals surface area contributed by atoms with Gasteiger partial charge >= 0.3 is 11.8 Å². The molecule has 1 saturated heterocycles. The van der Waals surface area contributed by atoms with Crippen molar-refractivity contribution in [3.8, 4) is 11.5 Å². The molecule has 0 radical (unpaired) electrons. The summed E-state index contributed by atoms with van der Waals surface area (Å²) in [5, 5.41) is 50.7. The van der Waals surface area contributed by atoms with Crippen molar-refractivity contribution in [2.45, 2.75) is 91.3 Å². The zero-order valence-corrected chi connectivity index (χ0v) is 35.8. The monoisotopic (exact) mass is 838 g/mol. The van der Waals surface area contributed by atoms with E-state index in [9.17, 15) is 44.4 Å². The zero-order chi connectivity index (χ0) is 44.6. The summed E-state index contributed by atoms with van der Waals surface area (Å²) in [7, 11) is 3.35. The van der Waals surface area contributed by atoms with Crippen molar-refractivity contribution >= 4 is 29.2 Å². The Labute approximate surface area is 349 Å². The number of carbonyl (C=O) groups excluding carboxylic acids is 5. The average molecular weight is 839 g/mol. The second kappa shape index (κ2) is 18.0. The Kier molecular flexibility index (Phi) is 13.8. The van der Waals surface area contributed by atoms with E-state index in [1.54, 1.807) is 38.8 Å². The van der Waals surface area contributed by atoms with Crippen LogP contribution < -0.4 is 15.5 Å². The second-order valence-electron chi connectivity index (χ2n) is 16.5. The van der Waals surface area contributed by atoms with Crippen LogP contribution in [0.4, 0.5) is 0 Å². The van der Waals surface area contributed by atoms with E-state index < -0.39 is 111 Å². The first-order valence-corrected chi connectivity index (χ1v) is 20.0. The number of piperazine rings is 1. The van der Waals surface area contributed by atoms with Crippen LogP contribution in [0.25, 0.3) is 0 Å². The van der Waals surface area contributed by atoms with Gasteiger partial charge in [-0.2, -0.15) is 0 Å². The molecule has 10 atom stereocenters. The number of esters is 1. The smallest absolute Gasteiger partial charge is 0.312 e. The number of hydrogen-bond acceptors (Lipinski definition) is 16. The van der Waals surface area contributed by atoms with Crippen LogP contribution in [0.1, 0.15) is 85.1 Å². The lowest BCUT2D eigenvalue weighted by molar-refractivity contribution is -0.160. The van der Waals surface area contributed by atoms with E-state index in [0.29, 0.717) is 26.2 Å². The molecule has 6 N–H and O–H groups in total. The minimum Gasteiger partial charge on any atom is -0.507 e. The predicted octanol–water partition coefficient (Wildman–Crippen LogP) is 2.07. The number of aromatic hydroxyl groups is 1. The minimum absolute atomic E-state index is 0.0141. The number of aliphatic hydroxyl groups excluding tert-OH is 2. The quantitative estimate of drug-likeness (QED) is 0.188. The lowest BCUT2D eigenvalue weighted by Crippen LogP contribution is -2.60. The molecule has 17 heteroatoms. The third-order valence-electron chi connectivity index (χ3n) is 12.2. The second-order valence-corrected chi connectivity index (χ2v) is 16.5. The molecule has 6 rings (SSSR count). The van der Waals surface area contributed by atoms with Crippen LogP contribution in [0, 0.1) is 30.6 Å². The normalized spacial score (nSPS) is 36.1. The largest absolute Gasteiger partial charge is 0.507 e. The van der Waals surface area contributed by atoms with E-state index in [1.165, 1.54) is 53.0 Å². The Morgan fingerprint density at radius 2 is 1.60 bits per heavy atom. The molecule has 1 unspecified atom stereocenters. The van der Waals surface area contributed by atoms with E-state index in [0.717, 1.165) is 12.5 Å². The maximum atomic E-state index is 14.7. The van der Waals surface area contributed by atoms with Crippen molar-refractivity contribution in [3.63, 3.8) is 0 Å². The van der Waals surface area contributed by atoms with E-state index in [1.807, 2.05) is 7.05 Å². The van der Waals surface area contributed by atoms with Gasteiger partial charge in [0.05, 0.1) is 46.8 Å². The molecule has 1 fully saturated rings. The van der Waals surface area contributed by atoms with Gasteiger partial charge in [0, 0.05) is 88.1 Å². The third kappa shape index (κ3) is 8.64. The van der Waals surface area contributed by atoms with Gasteiger partial charge in [-0.25, -0.2) is 5.01 Å². The summed E-state index contributed by atoms with van der Waals surface area (Å²) in [5.74, 6) is -10.6. The highest BCUT2D eigenvalue weighted by molar-refractivity contribution is 6.32. The highest BCUT2D eigenvalue weighted by atomic mass is 16.7. The van der Waals surface area contributed by atoms with Crippen molar-refractivity contribution in [2.24, 2.45) is 23.7 Å². The van der Waals surface area contributed by atoms with Crippen LogP contribution in [0.3, 0.4) is 0 Å². The molecular weight excluding hydrogens is 780 g/mol. The summed E-state index contributed by atoms with van der Waals surface area (Å²) in [6.45, 7) is 14.4. The van der Waals surface area contributed by atoms with Crippen LogP contribution in [-0.4, -0.2) is 136 Å². The predicted molar refractivity (Wildman–Crippen MR) is 216 cm³/mol. The minimum atomic E-state index is -3.03. The number of likely N-dealkylation sites (N-methyl/N-ethyl adjacent to an activating group) is 1. The molecule has 5 bridgehead atoms. The number of nitrogens with zero attached hydrogens (tertiary/aromatic N) is 2. The number of fused-ring (bicyclic) bond motifs is 14. The van der Waals surface area contributed by atoms with Crippen LogP contribution in [-0.2, 0) is 23.8 Å². The number of carbonyl (C=O) groups is 5. The number of ketones is 3. The molecule has 0 aromatic heterocycles. The van der Waals surface area contributed by atoms with Crippen LogP contribution >= 0.6 is 0 Å². The molecule has 1 aromatic carbocycles. The van der Waals surface area contributed by atoms with Gasteiger partial charge in [-0.15, -0.1) is 0 Å². The van der Waals surface area contributed by atoms with Crippen LogP contribution in [0.2, 0.25) is 0 Å². The summed E-state index contributed by atoms with van der Waals surface area (Å²) < 4.78 is 23.4. The SMILES string of the molecule is CO[C@H]1/C=C/O[C@@]2(C)Oc3c(C)c(O)c4c(c3C2=O)C(=O)C(=CNN2CCN(C)CC2)C(O)(NC(=O)/C(C)=C\C=C\[C@H](C)[C@H](O)[C@@H](C)[C@@H](O)[C@@H](C)[C@H](OC(C)=O)[C@@H]1C)C4=O. The molecule has 1 amide bonds. The number of phenolic OH excluding ortho intramolecular Hbond substituents is 1. The summed E-state index contributed by atoms with van der Waals surface area (Å²) >= 11 is 0. The van der Waals surface area contributed by atoms with Crippen molar-refractivity contribution < 1.29 is 63.3 Å². The maximum absolute atomic E-state index is 14.7. The van der Waals surface area contributed by atoms with E-state index in [-0.39, 0.29) is 22.4 Å². The number of amides is 1. The van der Waals surface area contributed by atoms with Crippen molar-refractivity contribution in [1.29, 1.82) is 0 Å². The first kappa shape index (κ1) is 46.2. The fraction of sp³-hybridized carbons (Fsp3) is 0.558. The Bertz CT molecular complexity index is 2020. The van der Waals surface area contributed by atoms with E-state index >= 15 is 0 Å². The van der Waals surface area contributed by atoms with Crippen LogP contribution in [0.15, 0.2) is 47.9 Å². The third-order valence-corrected chi connectivity index (χ3v) is 12.2. The first-order chi connectivity index (χ1) is 28.1. The number of methoxy groups -OCH3 is 1. The standard InChI is InChI=1S/C43H58N4O13/c1-21-12-11-13-22(2)41(55)45-43(56)28(20-44-47-17-15-46(9)16-18-47)36(52)30-31(40(43)54)35(51)26(6)38-32(30)39(53)42(8,60-38)58-19-14-29(57-10)23(3)37(59-27(7)48)25(5)34(50)24(4)33(21)49/h11-14,19-21,23-25,29,33-34,37,44,49-51,56H,15-18H2,1-10H3,(H,45,55)/b12-11+,19-14+,22-13-,28-20?/t21-,23+,24+,25+,29-,33-,34+,37+,42-,43?/m0/s1. The summed E-state index contributed by atoms with van der Waals surface area (Å²) in [5.41, 5.74) is -2.43. The molecule has 1 aliphatic carbocycles. The molecule has 4 aliphatic heterocycles. The maximum Gasteiger partial charge on any atom is 0.312 e. The molecule has 0 spiro atoms. The van der Waals surface area contributed by atoms with Gasteiger partial charge in [0.25, 0.3) is 5.78 Å². The first-order valence-electron chi connectivity index (χ1n) is 20.0. The number of phenols is 1. The molecule has 17 nitrogen and oxygen atoms in total. The fourth-order valence-electron chi connectivity index (χ4n) is 8.13. The van der Waals surface area contributed by atoms with Gasteiger partial charge in [-0.1, -0.05) is 45.9 Å². The van der Waals surface area contributed by atoms with Gasteiger partial charge in [0.1, 0.15) is 17.6 Å². The van der Waals surface area contributed by atoms with Crippen molar-refractivity contribution in [2.75, 3.05) is 40.3 Å². The Hall–Kier alpha value is -4.91. The van der Waals surface area contributed by atoms with Gasteiger partial charge < -0.3 is 55.0 Å². The van der Waals surface area contributed by atoms with Crippen molar-refractivity contribution in [1.82, 2.24) is 20.7 Å². The molecule has 5 aliphatic rings. The zero-order valence-electron chi connectivity index (χ0n) is 35.8. The molecule has 60 heavy (non-hydrogen) atoms. The number of ether oxygens (including phenoxy) is 4. The summed E-state index contributed by atoms with van der Waals surface area (Å²) in [6, 6.07) is 0. The lowest BCUT2D eigenvalue weighted by Gasteiger charge is -2.38. The Balaban J connectivity index is 1.67. The summed E-state index contributed by atoms with van der Waals surface area (Å²) in [4.78, 5) is 71.9.